The summed E-state index contributed by atoms with van der Waals surface area (Å²) in [5, 5.41) is 7.30. The van der Waals surface area contributed by atoms with E-state index in [1.165, 1.54) is 15.6 Å². The number of nitrogens with zero attached hydrogens (tertiary/aromatic N) is 3. The van der Waals surface area contributed by atoms with Crippen LogP contribution in [0.1, 0.15) is 29.6 Å². The second-order valence-corrected chi connectivity index (χ2v) is 6.29. The number of nitrogens with two attached hydrogens (primary N) is 1. The van der Waals surface area contributed by atoms with Crippen molar-refractivity contribution >= 4 is 28.9 Å². The van der Waals surface area contributed by atoms with Crippen molar-refractivity contribution in [3.8, 4) is 0 Å². The largest absolute Gasteiger partial charge is 0.447 e. The second kappa shape index (κ2) is 5.91. The Bertz CT molecular complexity index is 852. The monoisotopic (exact) mass is 347 g/mol. The third-order valence-electron chi connectivity index (χ3n) is 4.72. The summed E-state index contributed by atoms with van der Waals surface area (Å²) in [5.74, 6) is -0.644. The van der Waals surface area contributed by atoms with Crippen molar-refractivity contribution in [2.75, 3.05) is 23.4 Å². The lowest BCUT2D eigenvalue weighted by Gasteiger charge is -2.19. The van der Waals surface area contributed by atoms with Crippen molar-refractivity contribution in [3.63, 3.8) is 0 Å². The van der Waals surface area contributed by atoms with Crippen molar-refractivity contribution < 1.29 is 18.7 Å². The number of ether oxygens (including phenoxy) is 1. The number of primary amides is 1. The summed E-state index contributed by atoms with van der Waals surface area (Å²) in [5.41, 5.74) is 7.25. The van der Waals surface area contributed by atoms with Gasteiger partial charge in [-0.05, 0) is 25.3 Å². The summed E-state index contributed by atoms with van der Waals surface area (Å²) in [6.07, 6.45) is 3.58. The van der Waals surface area contributed by atoms with Crippen LogP contribution in [0.15, 0.2) is 18.5 Å². The van der Waals surface area contributed by atoms with Gasteiger partial charge in [0.2, 0.25) is 0 Å². The van der Waals surface area contributed by atoms with Crippen molar-refractivity contribution in [1.82, 2.24) is 9.61 Å². The summed E-state index contributed by atoms with van der Waals surface area (Å²) >= 11 is 0. The van der Waals surface area contributed by atoms with Crippen LogP contribution in [0, 0.1) is 0 Å². The maximum atomic E-state index is 14.0. The number of aromatic nitrogens is 2. The second-order valence-electron chi connectivity index (χ2n) is 6.29. The van der Waals surface area contributed by atoms with E-state index in [0.29, 0.717) is 42.9 Å². The molecule has 4 rings (SSSR count). The molecule has 0 unspecified atom stereocenters. The van der Waals surface area contributed by atoms with Gasteiger partial charge in [-0.2, -0.15) is 5.10 Å². The van der Waals surface area contributed by atoms with Gasteiger partial charge < -0.3 is 15.8 Å². The average Bonchev–Trinajstić information content (AvgIpc) is 3.27. The van der Waals surface area contributed by atoms with Crippen molar-refractivity contribution in [3.05, 3.63) is 24.0 Å². The average molecular weight is 347 g/mol. The number of carbonyl (C=O) groups is 2. The number of alkyl halides is 1. The Hall–Kier alpha value is -2.84. The molecule has 0 aromatic carbocycles. The van der Waals surface area contributed by atoms with Gasteiger partial charge in [-0.1, -0.05) is 0 Å². The fourth-order valence-corrected chi connectivity index (χ4v) is 3.42. The van der Waals surface area contributed by atoms with Crippen LogP contribution in [0.4, 0.5) is 20.6 Å². The molecule has 8 nitrogen and oxygen atoms in total. The number of hydrogen-bond donors (Lipinski definition) is 2. The Balaban J connectivity index is 1.79. The van der Waals surface area contributed by atoms with Crippen molar-refractivity contribution in [1.29, 1.82) is 0 Å². The number of amides is 2. The zero-order valence-electron chi connectivity index (χ0n) is 13.4. The van der Waals surface area contributed by atoms with Crippen LogP contribution >= 0.6 is 0 Å². The van der Waals surface area contributed by atoms with E-state index in [2.05, 4.69) is 10.4 Å². The minimum absolute atomic E-state index is 0.195. The molecule has 2 aliphatic rings. The first-order chi connectivity index (χ1) is 12.0. The smallest absolute Gasteiger partial charge is 0.414 e. The first-order valence-electron chi connectivity index (χ1n) is 8.20. The molecule has 2 fully saturated rings. The van der Waals surface area contributed by atoms with E-state index in [-0.39, 0.29) is 11.6 Å². The highest BCUT2D eigenvalue weighted by atomic mass is 19.1. The first-order valence-corrected chi connectivity index (χ1v) is 8.20. The molecule has 0 bridgehead atoms. The molecule has 9 heteroatoms. The summed E-state index contributed by atoms with van der Waals surface area (Å²) < 4.78 is 20.5. The van der Waals surface area contributed by atoms with Gasteiger partial charge >= 0.3 is 6.09 Å². The van der Waals surface area contributed by atoms with E-state index < -0.39 is 18.2 Å². The topological polar surface area (TPSA) is 102 Å². The van der Waals surface area contributed by atoms with Crippen LogP contribution in [-0.2, 0) is 4.74 Å². The number of nitrogens with one attached hydrogen (secondary N) is 1. The molecule has 1 aliphatic carbocycles. The van der Waals surface area contributed by atoms with Crippen LogP contribution in [-0.4, -0.2) is 47.0 Å². The standard InChI is InChI=1S/C16H18FN5O3/c17-11-2-1-3-12(11)20-14-10(15(18)23)7-19-22-8-9(6-13(14)22)21-4-5-25-16(21)24/h6-8,11-12,20H,1-5H2,(H2,18,23)/t11-,12+/m0/s1. The molecule has 1 saturated heterocycles. The van der Waals surface area contributed by atoms with Gasteiger partial charge in [-0.15, -0.1) is 0 Å². The van der Waals surface area contributed by atoms with E-state index in [4.69, 9.17) is 10.5 Å². The number of fused-ring (bicyclic) bond motifs is 1. The van der Waals surface area contributed by atoms with Crippen LogP contribution in [0.5, 0.6) is 0 Å². The number of halogens is 1. The molecule has 2 aromatic rings. The lowest BCUT2D eigenvalue weighted by atomic mass is 10.1. The highest BCUT2D eigenvalue weighted by molar-refractivity contribution is 6.02. The SMILES string of the molecule is NC(=O)c1cnn2cc(N3CCOC3=O)cc2c1N[C@@H]1CCC[C@@H]1F. The number of carbonyl (C=O) groups excluding carboxylic acids is 2. The molecule has 25 heavy (non-hydrogen) atoms. The van der Waals surface area contributed by atoms with Gasteiger partial charge in [0.15, 0.2) is 0 Å². The summed E-state index contributed by atoms with van der Waals surface area (Å²) in [7, 11) is 0. The number of hydrogen-bond acceptors (Lipinski definition) is 5. The zero-order valence-corrected chi connectivity index (χ0v) is 13.4. The van der Waals surface area contributed by atoms with E-state index in [1.807, 2.05) is 0 Å². The number of cyclic esters (lactones) is 1. The molecule has 0 spiro atoms. The predicted molar refractivity (Wildman–Crippen MR) is 88.6 cm³/mol. The molecule has 2 amide bonds. The third kappa shape index (κ3) is 2.65. The zero-order chi connectivity index (χ0) is 17.6. The first kappa shape index (κ1) is 15.7. The fourth-order valence-electron chi connectivity index (χ4n) is 3.42. The Morgan fingerprint density at radius 2 is 2.28 bits per heavy atom. The van der Waals surface area contributed by atoms with E-state index in [0.717, 1.165) is 6.42 Å². The number of rotatable bonds is 4. The lowest BCUT2D eigenvalue weighted by Crippen LogP contribution is -2.27. The maximum absolute atomic E-state index is 14.0. The lowest BCUT2D eigenvalue weighted by molar-refractivity contribution is 0.100. The van der Waals surface area contributed by atoms with Gasteiger partial charge in [0.25, 0.3) is 5.91 Å². The summed E-state index contributed by atoms with van der Waals surface area (Å²) in [6, 6.07) is 1.34. The van der Waals surface area contributed by atoms with E-state index >= 15 is 0 Å². The van der Waals surface area contributed by atoms with Crippen molar-refractivity contribution in [2.45, 2.75) is 31.5 Å². The van der Waals surface area contributed by atoms with E-state index in [1.54, 1.807) is 12.3 Å². The minimum atomic E-state index is -0.975. The van der Waals surface area contributed by atoms with Gasteiger partial charge in [0, 0.05) is 0 Å². The highest BCUT2D eigenvalue weighted by Gasteiger charge is 2.30. The number of anilines is 2. The molecule has 0 radical (unpaired) electrons. The Labute approximate surface area is 142 Å². The van der Waals surface area contributed by atoms with Crippen molar-refractivity contribution in [2.24, 2.45) is 5.73 Å². The Morgan fingerprint density at radius 3 is 2.92 bits per heavy atom. The van der Waals surface area contributed by atoms with Gasteiger partial charge in [0.05, 0.1) is 47.4 Å². The Morgan fingerprint density at radius 1 is 1.44 bits per heavy atom. The fraction of sp³-hybridized carbons (Fsp3) is 0.438. The quantitative estimate of drug-likeness (QED) is 0.876. The highest BCUT2D eigenvalue weighted by Crippen LogP contribution is 2.32. The van der Waals surface area contributed by atoms with Gasteiger partial charge in [-0.25, -0.2) is 13.7 Å². The van der Waals surface area contributed by atoms with Gasteiger partial charge in [-0.3, -0.25) is 9.69 Å². The summed E-state index contributed by atoms with van der Waals surface area (Å²) in [4.78, 5) is 25.0. The molecular formula is C16H18FN5O3. The van der Waals surface area contributed by atoms with Crippen LogP contribution in [0.2, 0.25) is 0 Å². The van der Waals surface area contributed by atoms with E-state index in [9.17, 15) is 14.0 Å². The minimum Gasteiger partial charge on any atom is -0.447 e. The summed E-state index contributed by atoms with van der Waals surface area (Å²) in [6.45, 7) is 0.762. The van der Waals surface area contributed by atoms with Crippen LogP contribution in [0.25, 0.3) is 5.52 Å². The predicted octanol–water partition coefficient (Wildman–Crippen LogP) is 1.69. The molecule has 2 aromatic heterocycles. The van der Waals surface area contributed by atoms with Crippen LogP contribution < -0.4 is 16.0 Å². The molecule has 1 aliphatic heterocycles. The molecule has 3 heterocycles. The molecule has 2 atom stereocenters. The molecule has 3 N–H and O–H groups in total. The Kier molecular flexibility index (Phi) is 3.70. The van der Waals surface area contributed by atoms with Gasteiger partial charge in [0.1, 0.15) is 12.8 Å². The third-order valence-corrected chi connectivity index (χ3v) is 4.72. The molecule has 132 valence electrons. The normalized spacial score (nSPS) is 23.2. The molecule has 1 saturated carbocycles. The van der Waals surface area contributed by atoms with Crippen LogP contribution in [0.3, 0.4) is 0 Å². The molecular weight excluding hydrogens is 329 g/mol. The maximum Gasteiger partial charge on any atom is 0.414 e.